The zero-order valence-electron chi connectivity index (χ0n) is 19.4. The fraction of sp³-hybridized carbons (Fsp3) is 0.462. The molecule has 2 aromatic carbocycles. The van der Waals surface area contributed by atoms with Crippen molar-refractivity contribution < 1.29 is 19.1 Å². The Kier molecular flexibility index (Phi) is 9.43. The molecule has 0 saturated heterocycles. The lowest BCUT2D eigenvalue weighted by molar-refractivity contribution is -0.143. The van der Waals surface area contributed by atoms with Crippen LogP contribution in [0.1, 0.15) is 51.0 Å². The van der Waals surface area contributed by atoms with E-state index in [0.717, 1.165) is 37.0 Å². The van der Waals surface area contributed by atoms with Gasteiger partial charge in [-0.05, 0) is 61.2 Å². The summed E-state index contributed by atoms with van der Waals surface area (Å²) in [5.41, 5.74) is 0.916. The van der Waals surface area contributed by atoms with Crippen LogP contribution in [0.5, 0.6) is 11.5 Å². The van der Waals surface area contributed by atoms with Crippen molar-refractivity contribution in [1.29, 1.82) is 0 Å². The number of hydrogen-bond donors (Lipinski definition) is 1. The van der Waals surface area contributed by atoms with E-state index in [2.05, 4.69) is 5.32 Å². The van der Waals surface area contributed by atoms with Gasteiger partial charge in [0, 0.05) is 17.6 Å². The Morgan fingerprint density at radius 3 is 2.27 bits per heavy atom. The molecule has 0 heterocycles. The third-order valence-corrected chi connectivity index (χ3v) is 6.28. The Morgan fingerprint density at radius 2 is 1.67 bits per heavy atom. The lowest BCUT2D eigenvalue weighted by Crippen LogP contribution is -2.52. The fourth-order valence-electron chi connectivity index (χ4n) is 4.15. The van der Waals surface area contributed by atoms with Crippen molar-refractivity contribution in [2.24, 2.45) is 0 Å². The van der Waals surface area contributed by atoms with E-state index in [-0.39, 0.29) is 24.5 Å². The summed E-state index contributed by atoms with van der Waals surface area (Å²) in [7, 11) is 1.61. The Morgan fingerprint density at radius 1 is 1.03 bits per heavy atom. The highest BCUT2D eigenvalue weighted by Gasteiger charge is 2.30. The van der Waals surface area contributed by atoms with Gasteiger partial charge in [0.05, 0.1) is 7.11 Å². The first kappa shape index (κ1) is 24.9. The number of nitrogens with one attached hydrogen (secondary N) is 1. The fourth-order valence-corrected chi connectivity index (χ4v) is 4.28. The van der Waals surface area contributed by atoms with E-state index in [1.807, 2.05) is 31.2 Å². The largest absolute Gasteiger partial charge is 0.497 e. The van der Waals surface area contributed by atoms with Crippen molar-refractivity contribution in [3.05, 3.63) is 59.1 Å². The molecule has 33 heavy (non-hydrogen) atoms. The molecule has 1 saturated carbocycles. The average molecular weight is 473 g/mol. The molecule has 2 aromatic rings. The van der Waals surface area contributed by atoms with Gasteiger partial charge in [-0.1, -0.05) is 49.9 Å². The maximum absolute atomic E-state index is 13.3. The van der Waals surface area contributed by atoms with Crippen molar-refractivity contribution >= 4 is 23.4 Å². The molecule has 1 aliphatic rings. The van der Waals surface area contributed by atoms with E-state index in [0.29, 0.717) is 23.7 Å². The number of carbonyl (C=O) groups is 2. The summed E-state index contributed by atoms with van der Waals surface area (Å²) in [6.45, 7) is 2.08. The Bertz CT molecular complexity index is 896. The van der Waals surface area contributed by atoms with Gasteiger partial charge in [-0.3, -0.25) is 9.59 Å². The summed E-state index contributed by atoms with van der Waals surface area (Å²) in [6, 6.07) is 14.0. The molecule has 0 spiro atoms. The van der Waals surface area contributed by atoms with Crippen molar-refractivity contribution in [2.45, 2.75) is 64.1 Å². The normalized spacial score (nSPS) is 14.9. The number of ether oxygens (including phenoxy) is 2. The van der Waals surface area contributed by atoms with Crippen molar-refractivity contribution in [3.63, 3.8) is 0 Å². The highest BCUT2D eigenvalue weighted by molar-refractivity contribution is 6.30. The predicted octanol–water partition coefficient (Wildman–Crippen LogP) is 4.98. The molecule has 1 aliphatic carbocycles. The van der Waals surface area contributed by atoms with Gasteiger partial charge >= 0.3 is 0 Å². The molecule has 3 rings (SSSR count). The summed E-state index contributed by atoms with van der Waals surface area (Å²) in [5.74, 6) is 0.950. The number of nitrogens with zero attached hydrogens (tertiary/aromatic N) is 1. The standard InChI is InChI=1S/C26H33ClN2O4/c1-3-24(26(31)28-21-7-5-4-6-8-21)29(17-19-9-13-22(32-2)14-10-19)25(30)18-33-23-15-11-20(27)12-16-23/h9-16,21,24H,3-8,17-18H2,1-2H3,(H,28,31)/t24-/m0/s1. The number of benzene rings is 2. The van der Waals surface area contributed by atoms with Crippen LogP contribution in [-0.2, 0) is 16.1 Å². The van der Waals surface area contributed by atoms with Crippen LogP contribution in [0.3, 0.4) is 0 Å². The van der Waals surface area contributed by atoms with Gasteiger partial charge in [0.15, 0.2) is 6.61 Å². The third kappa shape index (κ3) is 7.39. The van der Waals surface area contributed by atoms with Crippen LogP contribution >= 0.6 is 11.6 Å². The minimum atomic E-state index is -0.574. The Balaban J connectivity index is 1.74. The van der Waals surface area contributed by atoms with Crippen LogP contribution in [0.25, 0.3) is 0 Å². The van der Waals surface area contributed by atoms with Gasteiger partial charge in [-0.25, -0.2) is 0 Å². The second-order valence-corrected chi connectivity index (χ2v) is 8.82. The monoisotopic (exact) mass is 472 g/mol. The quantitative estimate of drug-likeness (QED) is 0.529. The zero-order valence-corrected chi connectivity index (χ0v) is 20.1. The molecule has 7 heteroatoms. The van der Waals surface area contributed by atoms with Gasteiger partial charge in [0.25, 0.3) is 5.91 Å². The molecular weight excluding hydrogens is 440 g/mol. The lowest BCUT2D eigenvalue weighted by Gasteiger charge is -2.32. The molecule has 0 unspecified atom stereocenters. The molecule has 1 fully saturated rings. The Hall–Kier alpha value is -2.73. The molecule has 6 nitrogen and oxygen atoms in total. The number of carbonyl (C=O) groups excluding carboxylic acids is 2. The number of halogens is 1. The summed E-state index contributed by atoms with van der Waals surface area (Å²) in [4.78, 5) is 28.1. The van der Waals surface area contributed by atoms with Gasteiger partial charge in [-0.15, -0.1) is 0 Å². The van der Waals surface area contributed by atoms with E-state index in [9.17, 15) is 9.59 Å². The first-order valence-electron chi connectivity index (χ1n) is 11.6. The van der Waals surface area contributed by atoms with Crippen LogP contribution in [0, 0.1) is 0 Å². The van der Waals surface area contributed by atoms with E-state index >= 15 is 0 Å². The summed E-state index contributed by atoms with van der Waals surface area (Å²) < 4.78 is 10.9. The molecule has 0 radical (unpaired) electrons. The number of amides is 2. The molecule has 178 valence electrons. The average Bonchev–Trinajstić information content (AvgIpc) is 2.84. The third-order valence-electron chi connectivity index (χ3n) is 6.03. The van der Waals surface area contributed by atoms with E-state index in [1.54, 1.807) is 36.3 Å². The summed E-state index contributed by atoms with van der Waals surface area (Å²) in [5, 5.41) is 3.78. The van der Waals surface area contributed by atoms with Crippen molar-refractivity contribution in [3.8, 4) is 11.5 Å². The second kappa shape index (κ2) is 12.5. The van der Waals surface area contributed by atoms with Gasteiger partial charge in [0.2, 0.25) is 5.91 Å². The van der Waals surface area contributed by atoms with E-state index < -0.39 is 6.04 Å². The van der Waals surface area contributed by atoms with Crippen LogP contribution in [0.15, 0.2) is 48.5 Å². The van der Waals surface area contributed by atoms with Gasteiger partial charge in [-0.2, -0.15) is 0 Å². The topological polar surface area (TPSA) is 67.9 Å². The summed E-state index contributed by atoms with van der Waals surface area (Å²) in [6.07, 6.45) is 5.98. The van der Waals surface area contributed by atoms with E-state index in [4.69, 9.17) is 21.1 Å². The molecule has 0 aliphatic heterocycles. The molecule has 2 amide bonds. The maximum Gasteiger partial charge on any atom is 0.261 e. The van der Waals surface area contributed by atoms with Crippen LogP contribution < -0.4 is 14.8 Å². The highest BCUT2D eigenvalue weighted by Crippen LogP contribution is 2.20. The van der Waals surface area contributed by atoms with Crippen molar-refractivity contribution in [1.82, 2.24) is 10.2 Å². The van der Waals surface area contributed by atoms with Gasteiger partial charge < -0.3 is 19.7 Å². The van der Waals surface area contributed by atoms with Crippen LogP contribution in [0.4, 0.5) is 0 Å². The number of hydrogen-bond acceptors (Lipinski definition) is 4. The second-order valence-electron chi connectivity index (χ2n) is 8.38. The maximum atomic E-state index is 13.3. The molecule has 0 bridgehead atoms. The number of rotatable bonds is 10. The van der Waals surface area contributed by atoms with E-state index in [1.165, 1.54) is 6.42 Å². The number of methoxy groups -OCH3 is 1. The van der Waals surface area contributed by atoms with Crippen LogP contribution in [-0.4, -0.2) is 42.5 Å². The minimum absolute atomic E-state index is 0.0993. The summed E-state index contributed by atoms with van der Waals surface area (Å²) >= 11 is 5.93. The highest BCUT2D eigenvalue weighted by atomic mass is 35.5. The first-order chi connectivity index (χ1) is 16.0. The molecule has 1 atom stereocenters. The smallest absolute Gasteiger partial charge is 0.261 e. The van der Waals surface area contributed by atoms with Gasteiger partial charge in [0.1, 0.15) is 17.5 Å². The SMILES string of the molecule is CC[C@@H](C(=O)NC1CCCCC1)N(Cc1ccc(OC)cc1)C(=O)COc1ccc(Cl)cc1. The predicted molar refractivity (Wildman–Crippen MR) is 130 cm³/mol. The molecule has 0 aromatic heterocycles. The molecular formula is C26H33ClN2O4. The van der Waals surface area contributed by atoms with Crippen LogP contribution in [0.2, 0.25) is 5.02 Å². The lowest BCUT2D eigenvalue weighted by atomic mass is 9.95. The van der Waals surface area contributed by atoms with Crippen molar-refractivity contribution in [2.75, 3.05) is 13.7 Å². The Labute approximate surface area is 201 Å². The molecule has 1 N–H and O–H groups in total. The first-order valence-corrected chi connectivity index (χ1v) is 12.0. The minimum Gasteiger partial charge on any atom is -0.497 e. The zero-order chi connectivity index (χ0) is 23.6.